The fraction of sp³-hybridized carbons (Fsp3) is 0.250. The summed E-state index contributed by atoms with van der Waals surface area (Å²) in [5, 5.41) is 4.05. The van der Waals surface area contributed by atoms with Crippen molar-refractivity contribution in [2.24, 2.45) is 12.9 Å². The van der Waals surface area contributed by atoms with Crippen LogP contribution >= 0.6 is 0 Å². The molecule has 0 aliphatic heterocycles. The quantitative estimate of drug-likeness (QED) is 0.630. The maximum absolute atomic E-state index is 14.0. The molecule has 3 N–H and O–H groups in total. The van der Waals surface area contributed by atoms with Crippen LogP contribution in [0.5, 0.6) is 5.75 Å². The predicted octanol–water partition coefficient (Wildman–Crippen LogP) is 1.12. The second-order valence-corrected chi connectivity index (χ2v) is 3.90. The second-order valence-electron chi connectivity index (χ2n) is 3.90. The van der Waals surface area contributed by atoms with E-state index in [1.54, 1.807) is 36.3 Å². The SMILES string of the molecule is COc1cccc(F)c1C(NN)c1cnn(C)c1. The number of nitrogens with one attached hydrogen (secondary N) is 1. The molecule has 5 nitrogen and oxygen atoms in total. The molecule has 2 rings (SSSR count). The van der Waals surface area contributed by atoms with Gasteiger partial charge in [0, 0.05) is 18.8 Å². The average molecular weight is 250 g/mol. The molecule has 6 heteroatoms. The maximum Gasteiger partial charge on any atom is 0.132 e. The summed E-state index contributed by atoms with van der Waals surface area (Å²) >= 11 is 0. The topological polar surface area (TPSA) is 65.1 Å². The van der Waals surface area contributed by atoms with Crippen molar-refractivity contribution in [2.75, 3.05) is 7.11 Å². The van der Waals surface area contributed by atoms with Crippen molar-refractivity contribution in [1.82, 2.24) is 15.2 Å². The molecule has 1 aromatic heterocycles. The fourth-order valence-electron chi connectivity index (χ4n) is 1.91. The summed E-state index contributed by atoms with van der Waals surface area (Å²) in [6.45, 7) is 0. The Morgan fingerprint density at radius 2 is 2.28 bits per heavy atom. The molecule has 0 spiro atoms. The number of hydrazine groups is 1. The minimum atomic E-state index is -0.505. The minimum absolute atomic E-state index is 0.371. The van der Waals surface area contributed by atoms with Crippen LogP contribution in [0.25, 0.3) is 0 Å². The highest BCUT2D eigenvalue weighted by molar-refractivity contribution is 5.41. The van der Waals surface area contributed by atoms with E-state index < -0.39 is 6.04 Å². The van der Waals surface area contributed by atoms with Crippen molar-refractivity contribution in [3.8, 4) is 5.75 Å². The van der Waals surface area contributed by atoms with E-state index >= 15 is 0 Å². The van der Waals surface area contributed by atoms with Crippen molar-refractivity contribution in [1.29, 1.82) is 0 Å². The Morgan fingerprint density at radius 3 is 2.83 bits per heavy atom. The van der Waals surface area contributed by atoms with Gasteiger partial charge in [0.2, 0.25) is 0 Å². The van der Waals surface area contributed by atoms with Gasteiger partial charge in [-0.2, -0.15) is 5.10 Å². The van der Waals surface area contributed by atoms with Gasteiger partial charge in [-0.25, -0.2) is 9.82 Å². The number of hydrogen-bond acceptors (Lipinski definition) is 4. The number of benzene rings is 1. The number of hydrogen-bond donors (Lipinski definition) is 2. The highest BCUT2D eigenvalue weighted by Crippen LogP contribution is 2.31. The van der Waals surface area contributed by atoms with Crippen LogP contribution in [-0.2, 0) is 7.05 Å². The molecule has 0 saturated carbocycles. The minimum Gasteiger partial charge on any atom is -0.496 e. The number of rotatable bonds is 4. The Balaban J connectivity index is 2.51. The number of aromatic nitrogens is 2. The zero-order chi connectivity index (χ0) is 13.1. The Bertz CT molecular complexity index is 541. The molecule has 1 atom stereocenters. The number of aryl methyl sites for hydroxylation is 1. The van der Waals surface area contributed by atoms with E-state index in [1.165, 1.54) is 13.2 Å². The fourth-order valence-corrected chi connectivity index (χ4v) is 1.91. The van der Waals surface area contributed by atoms with Gasteiger partial charge in [0.1, 0.15) is 11.6 Å². The van der Waals surface area contributed by atoms with E-state index in [0.29, 0.717) is 11.3 Å². The summed E-state index contributed by atoms with van der Waals surface area (Å²) in [7, 11) is 3.28. The lowest BCUT2D eigenvalue weighted by atomic mass is 10.0. The summed E-state index contributed by atoms with van der Waals surface area (Å²) in [6, 6.07) is 4.15. The summed E-state index contributed by atoms with van der Waals surface area (Å²) in [4.78, 5) is 0. The monoisotopic (exact) mass is 250 g/mol. The normalized spacial score (nSPS) is 12.4. The Morgan fingerprint density at radius 1 is 1.50 bits per heavy atom. The van der Waals surface area contributed by atoms with Gasteiger partial charge in [0.15, 0.2) is 0 Å². The standard InChI is InChI=1S/C12H15FN4O/c1-17-7-8(6-15-17)12(16-14)11-9(13)4-3-5-10(11)18-2/h3-7,12,16H,14H2,1-2H3. The highest BCUT2D eigenvalue weighted by atomic mass is 19.1. The van der Waals surface area contributed by atoms with Gasteiger partial charge in [-0.1, -0.05) is 6.07 Å². The van der Waals surface area contributed by atoms with Crippen molar-refractivity contribution >= 4 is 0 Å². The van der Waals surface area contributed by atoms with Crippen molar-refractivity contribution in [2.45, 2.75) is 6.04 Å². The molecule has 0 aliphatic carbocycles. The third-order valence-electron chi connectivity index (χ3n) is 2.75. The van der Waals surface area contributed by atoms with Crippen molar-refractivity contribution in [3.63, 3.8) is 0 Å². The van der Waals surface area contributed by atoms with Crippen molar-refractivity contribution < 1.29 is 9.13 Å². The van der Waals surface area contributed by atoms with Crippen molar-refractivity contribution in [3.05, 3.63) is 47.5 Å². The Hall–Kier alpha value is -1.92. The first-order valence-electron chi connectivity index (χ1n) is 5.44. The Labute approximate surface area is 104 Å². The van der Waals surface area contributed by atoms with Crippen LogP contribution < -0.4 is 16.0 Å². The first-order valence-corrected chi connectivity index (χ1v) is 5.44. The van der Waals surface area contributed by atoms with Gasteiger partial charge >= 0.3 is 0 Å². The van der Waals surface area contributed by atoms with E-state index in [1.807, 2.05) is 0 Å². The number of halogens is 1. The number of methoxy groups -OCH3 is 1. The lowest BCUT2D eigenvalue weighted by molar-refractivity contribution is 0.397. The maximum atomic E-state index is 14.0. The molecule has 0 saturated heterocycles. The van der Waals surface area contributed by atoms with Crippen LogP contribution in [0.3, 0.4) is 0 Å². The molecule has 96 valence electrons. The molecule has 0 bridgehead atoms. The molecule has 1 aromatic carbocycles. The summed E-state index contributed by atoms with van der Waals surface area (Å²) in [5.41, 5.74) is 3.73. The number of nitrogens with zero attached hydrogens (tertiary/aromatic N) is 2. The lowest BCUT2D eigenvalue weighted by Crippen LogP contribution is -2.29. The molecule has 1 unspecified atom stereocenters. The van der Waals surface area contributed by atoms with Crippen LogP contribution in [0, 0.1) is 5.82 Å². The summed E-state index contributed by atoms with van der Waals surface area (Å²) in [6.07, 6.45) is 3.41. The Kier molecular flexibility index (Phi) is 3.59. The number of ether oxygens (including phenoxy) is 1. The molecule has 1 heterocycles. The second kappa shape index (κ2) is 5.16. The van der Waals surface area contributed by atoms with E-state index in [2.05, 4.69) is 10.5 Å². The molecule has 2 aromatic rings. The van der Waals surface area contributed by atoms with Gasteiger partial charge in [0.05, 0.1) is 24.9 Å². The van der Waals surface area contributed by atoms with Gasteiger partial charge in [0.25, 0.3) is 0 Å². The van der Waals surface area contributed by atoms with Crippen LogP contribution in [0.15, 0.2) is 30.6 Å². The van der Waals surface area contributed by atoms with Gasteiger partial charge in [-0.05, 0) is 12.1 Å². The van der Waals surface area contributed by atoms with E-state index in [4.69, 9.17) is 10.6 Å². The molecule has 0 fully saturated rings. The van der Waals surface area contributed by atoms with Gasteiger partial charge in [-0.3, -0.25) is 10.5 Å². The van der Waals surface area contributed by atoms with Crippen LogP contribution in [-0.4, -0.2) is 16.9 Å². The highest BCUT2D eigenvalue weighted by Gasteiger charge is 2.22. The first-order chi connectivity index (χ1) is 8.67. The lowest BCUT2D eigenvalue weighted by Gasteiger charge is -2.18. The van der Waals surface area contributed by atoms with Gasteiger partial charge < -0.3 is 4.74 Å². The number of nitrogens with two attached hydrogens (primary N) is 1. The largest absolute Gasteiger partial charge is 0.496 e. The molecular weight excluding hydrogens is 235 g/mol. The van der Waals surface area contributed by atoms with E-state index in [0.717, 1.165) is 5.56 Å². The van der Waals surface area contributed by atoms with Crippen LogP contribution in [0.4, 0.5) is 4.39 Å². The van der Waals surface area contributed by atoms with Crippen LogP contribution in [0.2, 0.25) is 0 Å². The smallest absolute Gasteiger partial charge is 0.132 e. The third kappa shape index (κ3) is 2.20. The molecule has 0 amide bonds. The zero-order valence-corrected chi connectivity index (χ0v) is 10.2. The molecule has 0 radical (unpaired) electrons. The van der Waals surface area contributed by atoms with E-state index in [-0.39, 0.29) is 5.82 Å². The molecule has 18 heavy (non-hydrogen) atoms. The van der Waals surface area contributed by atoms with Gasteiger partial charge in [-0.15, -0.1) is 0 Å². The van der Waals surface area contributed by atoms with E-state index in [9.17, 15) is 4.39 Å². The summed E-state index contributed by atoms with van der Waals surface area (Å²) < 4.78 is 20.8. The third-order valence-corrected chi connectivity index (χ3v) is 2.75. The predicted molar refractivity (Wildman–Crippen MR) is 65.3 cm³/mol. The molecule has 0 aliphatic rings. The first kappa shape index (κ1) is 12.5. The summed E-state index contributed by atoms with van der Waals surface area (Å²) in [5.74, 6) is 5.60. The zero-order valence-electron chi connectivity index (χ0n) is 10.2. The molecular formula is C12H15FN4O. The average Bonchev–Trinajstić information content (AvgIpc) is 2.78. The van der Waals surface area contributed by atoms with Crippen LogP contribution in [0.1, 0.15) is 17.2 Å².